The first-order chi connectivity index (χ1) is 11.0. The highest BCUT2D eigenvalue weighted by Gasteiger charge is 2.17. The molecule has 23 heavy (non-hydrogen) atoms. The largest absolute Gasteiger partial charge is 0.476 e. The lowest BCUT2D eigenvalue weighted by molar-refractivity contribution is 0.146. The van der Waals surface area contributed by atoms with E-state index in [1.54, 1.807) is 0 Å². The van der Waals surface area contributed by atoms with Crippen molar-refractivity contribution in [3.63, 3.8) is 0 Å². The van der Waals surface area contributed by atoms with Gasteiger partial charge in [0, 0.05) is 12.7 Å². The molecule has 0 aliphatic rings. The van der Waals surface area contributed by atoms with Crippen LogP contribution in [0.15, 0.2) is 18.6 Å². The summed E-state index contributed by atoms with van der Waals surface area (Å²) in [4.78, 5) is 10.9. The summed E-state index contributed by atoms with van der Waals surface area (Å²) in [6.07, 6.45) is -0.0775. The van der Waals surface area contributed by atoms with Gasteiger partial charge in [-0.05, 0) is 12.5 Å². The summed E-state index contributed by atoms with van der Waals surface area (Å²) in [6.45, 7) is 0.484. The number of anilines is 1. The van der Waals surface area contributed by atoms with Crippen LogP contribution in [-0.4, -0.2) is 28.1 Å². The van der Waals surface area contributed by atoms with Crippen LogP contribution in [0.1, 0.15) is 18.5 Å². The van der Waals surface area contributed by atoms with Gasteiger partial charge in [-0.3, -0.25) is 0 Å². The monoisotopic (exact) mass is 366 g/mol. The Labute approximate surface area is 139 Å². The number of hydrogen-bond acceptors (Lipinski definition) is 5. The minimum absolute atomic E-state index is 0.104. The molecule has 10 heteroatoms. The molecule has 0 aromatic carbocycles. The fourth-order valence-corrected chi connectivity index (χ4v) is 2.01. The second-order valence-corrected chi connectivity index (χ2v) is 5.11. The van der Waals surface area contributed by atoms with Crippen molar-refractivity contribution in [3.05, 3.63) is 40.1 Å². The first-order valence-corrected chi connectivity index (χ1v) is 7.21. The molecule has 5 nitrogen and oxygen atoms in total. The summed E-state index contributed by atoms with van der Waals surface area (Å²) in [7, 11) is 0. The minimum atomic E-state index is -2.78. The average molecular weight is 367 g/mol. The first kappa shape index (κ1) is 17.6. The van der Waals surface area contributed by atoms with Crippen molar-refractivity contribution in [1.82, 2.24) is 15.0 Å². The Morgan fingerprint density at radius 1 is 1.22 bits per heavy atom. The molecule has 1 N–H and O–H groups in total. The van der Waals surface area contributed by atoms with Crippen molar-refractivity contribution in [2.24, 2.45) is 0 Å². The SMILES string of the molecule is Fc1cc(Cl)cnc1OCCCNc1ncnc(C(F)F)c1Cl. The topological polar surface area (TPSA) is 59.9 Å². The van der Waals surface area contributed by atoms with Crippen LogP contribution in [0, 0.1) is 5.82 Å². The number of alkyl halides is 2. The molecule has 2 heterocycles. The van der Waals surface area contributed by atoms with Gasteiger partial charge in [-0.2, -0.15) is 0 Å². The highest BCUT2D eigenvalue weighted by atomic mass is 35.5. The van der Waals surface area contributed by atoms with Crippen molar-refractivity contribution in [2.45, 2.75) is 12.8 Å². The normalized spacial score (nSPS) is 10.9. The van der Waals surface area contributed by atoms with Crippen LogP contribution >= 0.6 is 23.2 Å². The maximum absolute atomic E-state index is 13.4. The van der Waals surface area contributed by atoms with E-state index >= 15 is 0 Å². The summed E-state index contributed by atoms with van der Waals surface area (Å²) in [5, 5.41) is 2.73. The number of nitrogens with one attached hydrogen (secondary N) is 1. The third kappa shape index (κ3) is 4.84. The lowest BCUT2D eigenvalue weighted by Gasteiger charge is -2.10. The lowest BCUT2D eigenvalue weighted by atomic mass is 10.3. The number of aromatic nitrogens is 3. The summed E-state index contributed by atoms with van der Waals surface area (Å²) in [6, 6.07) is 1.09. The van der Waals surface area contributed by atoms with E-state index in [2.05, 4.69) is 20.3 Å². The second-order valence-electron chi connectivity index (χ2n) is 4.29. The molecular weight excluding hydrogens is 356 g/mol. The highest BCUT2D eigenvalue weighted by Crippen LogP contribution is 2.29. The highest BCUT2D eigenvalue weighted by molar-refractivity contribution is 6.33. The zero-order chi connectivity index (χ0) is 16.8. The molecule has 2 rings (SSSR count). The Kier molecular flexibility index (Phi) is 6.23. The minimum Gasteiger partial charge on any atom is -0.476 e. The van der Waals surface area contributed by atoms with Gasteiger partial charge in [0.2, 0.25) is 5.88 Å². The Bertz CT molecular complexity index is 676. The van der Waals surface area contributed by atoms with Crippen LogP contribution in [0.25, 0.3) is 0 Å². The molecule has 2 aromatic rings. The van der Waals surface area contributed by atoms with Gasteiger partial charge in [0.05, 0.1) is 11.6 Å². The standard InChI is InChI=1S/C13H11Cl2F3N4O/c14-7-4-8(16)13(20-5-7)23-3-1-2-19-12-9(15)10(11(17)18)21-6-22-12/h4-6,11H,1-3H2,(H,19,21,22). The smallest absolute Gasteiger partial charge is 0.282 e. The molecule has 0 aliphatic carbocycles. The molecule has 0 aliphatic heterocycles. The maximum Gasteiger partial charge on any atom is 0.282 e. The molecule has 0 saturated heterocycles. The maximum atomic E-state index is 13.4. The van der Waals surface area contributed by atoms with Crippen molar-refractivity contribution in [3.8, 4) is 5.88 Å². The van der Waals surface area contributed by atoms with E-state index in [9.17, 15) is 13.2 Å². The average Bonchev–Trinajstić information content (AvgIpc) is 2.50. The Morgan fingerprint density at radius 3 is 2.70 bits per heavy atom. The van der Waals surface area contributed by atoms with Gasteiger partial charge < -0.3 is 10.1 Å². The predicted molar refractivity (Wildman–Crippen MR) is 79.8 cm³/mol. The Balaban J connectivity index is 1.81. The van der Waals surface area contributed by atoms with E-state index in [1.165, 1.54) is 6.20 Å². The van der Waals surface area contributed by atoms with Gasteiger partial charge in [-0.1, -0.05) is 23.2 Å². The van der Waals surface area contributed by atoms with Gasteiger partial charge in [0.25, 0.3) is 6.43 Å². The van der Waals surface area contributed by atoms with Crippen LogP contribution in [0.5, 0.6) is 5.88 Å². The van der Waals surface area contributed by atoms with E-state index in [0.29, 0.717) is 13.0 Å². The van der Waals surface area contributed by atoms with Crippen molar-refractivity contribution >= 4 is 29.0 Å². The summed E-state index contributed by atoms with van der Waals surface area (Å²) in [5.41, 5.74) is -0.534. The molecule has 0 atom stereocenters. The molecule has 0 radical (unpaired) electrons. The number of nitrogens with zero attached hydrogens (tertiary/aromatic N) is 3. The zero-order valence-electron chi connectivity index (χ0n) is 11.6. The zero-order valence-corrected chi connectivity index (χ0v) is 13.1. The van der Waals surface area contributed by atoms with Crippen LogP contribution in [0.3, 0.4) is 0 Å². The van der Waals surface area contributed by atoms with Gasteiger partial charge in [-0.15, -0.1) is 0 Å². The number of halogens is 5. The van der Waals surface area contributed by atoms with Gasteiger partial charge in [0.1, 0.15) is 22.9 Å². The third-order valence-electron chi connectivity index (χ3n) is 2.65. The van der Waals surface area contributed by atoms with E-state index in [4.69, 9.17) is 27.9 Å². The molecule has 0 bridgehead atoms. The fraction of sp³-hybridized carbons (Fsp3) is 0.308. The van der Waals surface area contributed by atoms with Gasteiger partial charge >= 0.3 is 0 Å². The fourth-order valence-electron chi connectivity index (χ4n) is 1.61. The van der Waals surface area contributed by atoms with Crippen molar-refractivity contribution in [1.29, 1.82) is 0 Å². The number of hydrogen-bond donors (Lipinski definition) is 1. The Hall–Kier alpha value is -1.80. The van der Waals surface area contributed by atoms with E-state index in [-0.39, 0.29) is 28.3 Å². The van der Waals surface area contributed by atoms with Crippen molar-refractivity contribution < 1.29 is 17.9 Å². The molecule has 124 valence electrons. The molecule has 0 spiro atoms. The summed E-state index contributed by atoms with van der Waals surface area (Å²) < 4.78 is 43.8. The van der Waals surface area contributed by atoms with Crippen LogP contribution in [0.2, 0.25) is 10.0 Å². The van der Waals surface area contributed by atoms with E-state index in [1.807, 2.05) is 0 Å². The predicted octanol–water partition coefficient (Wildman–Crippen LogP) is 4.14. The molecule has 0 fully saturated rings. The van der Waals surface area contributed by atoms with Gasteiger partial charge in [-0.25, -0.2) is 28.1 Å². The number of rotatable bonds is 7. The first-order valence-electron chi connectivity index (χ1n) is 6.45. The second kappa shape index (κ2) is 8.16. The summed E-state index contributed by atoms with van der Waals surface area (Å²) >= 11 is 11.3. The molecule has 0 amide bonds. The third-order valence-corrected chi connectivity index (χ3v) is 3.23. The van der Waals surface area contributed by atoms with E-state index < -0.39 is 17.9 Å². The molecule has 0 saturated carbocycles. The number of ether oxygens (including phenoxy) is 1. The summed E-state index contributed by atoms with van der Waals surface area (Å²) in [5.74, 6) is -0.715. The van der Waals surface area contributed by atoms with E-state index in [0.717, 1.165) is 12.4 Å². The van der Waals surface area contributed by atoms with Crippen LogP contribution in [-0.2, 0) is 0 Å². The quantitative estimate of drug-likeness (QED) is 0.746. The lowest BCUT2D eigenvalue weighted by Crippen LogP contribution is -2.10. The van der Waals surface area contributed by atoms with Crippen molar-refractivity contribution in [2.75, 3.05) is 18.5 Å². The Morgan fingerprint density at radius 2 is 2.00 bits per heavy atom. The van der Waals surface area contributed by atoms with Crippen LogP contribution in [0.4, 0.5) is 19.0 Å². The van der Waals surface area contributed by atoms with Crippen LogP contribution < -0.4 is 10.1 Å². The molecule has 2 aromatic heterocycles. The molecular formula is C13H11Cl2F3N4O. The number of pyridine rings is 1. The molecule has 0 unspecified atom stereocenters. The van der Waals surface area contributed by atoms with Gasteiger partial charge in [0.15, 0.2) is 5.82 Å².